The molecular weight excluding hydrogens is 488 g/mol. The van der Waals surface area contributed by atoms with Crippen molar-refractivity contribution in [1.82, 2.24) is 21.3 Å². The first-order valence-corrected chi connectivity index (χ1v) is 13.1. The lowest BCUT2D eigenvalue weighted by atomic mass is 9.71. The lowest BCUT2D eigenvalue weighted by molar-refractivity contribution is -0.129. The number of carbonyl (C=O) groups excluding carboxylic acids is 4. The Morgan fingerprint density at radius 2 is 1.55 bits per heavy atom. The highest BCUT2D eigenvalue weighted by Crippen LogP contribution is 2.39. The van der Waals surface area contributed by atoms with Crippen molar-refractivity contribution in [3.8, 4) is 0 Å². The first-order chi connectivity index (χ1) is 17.3. The summed E-state index contributed by atoms with van der Waals surface area (Å²) in [4.78, 5) is 50.6. The number of alkyl carbamates (subject to hydrolysis) is 1. The summed E-state index contributed by atoms with van der Waals surface area (Å²) in [6.07, 6.45) is 4.38. The number of benzene rings is 1. The third-order valence-corrected chi connectivity index (χ3v) is 6.66. The van der Waals surface area contributed by atoms with E-state index in [-0.39, 0.29) is 36.0 Å². The molecule has 0 unspecified atom stereocenters. The van der Waals surface area contributed by atoms with Gasteiger partial charge in [0, 0.05) is 20.0 Å². The van der Waals surface area contributed by atoms with Gasteiger partial charge in [-0.2, -0.15) is 0 Å². The maximum atomic E-state index is 13.3. The molecule has 4 amide bonds. The van der Waals surface area contributed by atoms with E-state index in [1.807, 2.05) is 30.3 Å². The molecule has 0 saturated heterocycles. The first kappa shape index (κ1) is 32.9. The van der Waals surface area contributed by atoms with Crippen LogP contribution in [0.25, 0.3) is 0 Å². The molecule has 0 radical (unpaired) electrons. The van der Waals surface area contributed by atoms with Crippen LogP contribution in [0.15, 0.2) is 30.3 Å². The van der Waals surface area contributed by atoms with E-state index in [4.69, 9.17) is 4.74 Å². The van der Waals surface area contributed by atoms with Crippen LogP contribution in [-0.4, -0.2) is 54.0 Å². The molecule has 6 N–H and O–H groups in total. The van der Waals surface area contributed by atoms with Crippen molar-refractivity contribution >= 4 is 23.8 Å². The van der Waals surface area contributed by atoms with Gasteiger partial charge in [-0.15, -0.1) is 0 Å². The predicted molar refractivity (Wildman–Crippen MR) is 146 cm³/mol. The van der Waals surface area contributed by atoms with Gasteiger partial charge in [-0.1, -0.05) is 49.6 Å². The van der Waals surface area contributed by atoms with E-state index in [9.17, 15) is 19.2 Å². The number of carbonyl (C=O) groups is 4. The molecule has 1 saturated carbocycles. The van der Waals surface area contributed by atoms with Crippen LogP contribution >= 0.6 is 0 Å². The zero-order valence-corrected chi connectivity index (χ0v) is 23.7. The molecule has 10 heteroatoms. The minimum absolute atomic E-state index is 0. The summed E-state index contributed by atoms with van der Waals surface area (Å²) in [5.41, 5.74) is -1.40. The highest BCUT2D eigenvalue weighted by atomic mass is 16.6. The van der Waals surface area contributed by atoms with Crippen molar-refractivity contribution in [3.05, 3.63) is 35.9 Å². The summed E-state index contributed by atoms with van der Waals surface area (Å²) >= 11 is 0. The van der Waals surface area contributed by atoms with E-state index in [0.29, 0.717) is 6.54 Å². The Morgan fingerprint density at radius 3 is 2.11 bits per heavy atom. The average Bonchev–Trinajstić information content (AvgIpc) is 2.81. The Balaban J connectivity index is 0.00000722. The number of hydrogen-bond acceptors (Lipinski definition) is 5. The van der Waals surface area contributed by atoms with E-state index in [0.717, 1.165) is 37.7 Å². The van der Waals surface area contributed by atoms with E-state index in [1.54, 1.807) is 41.7 Å². The topological polar surface area (TPSA) is 157 Å². The molecule has 1 atom stereocenters. The molecule has 38 heavy (non-hydrogen) atoms. The summed E-state index contributed by atoms with van der Waals surface area (Å²) in [6, 6.07) is 8.99. The third-order valence-electron chi connectivity index (χ3n) is 6.66. The summed E-state index contributed by atoms with van der Waals surface area (Å²) < 4.78 is 5.29. The van der Waals surface area contributed by atoms with Gasteiger partial charge in [0.1, 0.15) is 11.1 Å². The van der Waals surface area contributed by atoms with Crippen LogP contribution in [0.5, 0.6) is 0 Å². The van der Waals surface area contributed by atoms with Gasteiger partial charge in [-0.05, 0) is 58.4 Å². The second-order valence-corrected chi connectivity index (χ2v) is 11.6. The van der Waals surface area contributed by atoms with Crippen molar-refractivity contribution < 1.29 is 29.4 Å². The largest absolute Gasteiger partial charge is 0.444 e. The van der Waals surface area contributed by atoms with Crippen molar-refractivity contribution in [2.75, 3.05) is 13.6 Å². The summed E-state index contributed by atoms with van der Waals surface area (Å²) in [7, 11) is 1.57. The average molecular weight is 535 g/mol. The van der Waals surface area contributed by atoms with Gasteiger partial charge in [0.15, 0.2) is 0 Å². The number of rotatable bonds is 10. The monoisotopic (exact) mass is 534 g/mol. The van der Waals surface area contributed by atoms with Crippen molar-refractivity contribution in [3.63, 3.8) is 0 Å². The van der Waals surface area contributed by atoms with Crippen molar-refractivity contribution in [2.24, 2.45) is 5.41 Å². The summed E-state index contributed by atoms with van der Waals surface area (Å²) in [6.45, 7) is 8.84. The lowest BCUT2D eigenvalue weighted by Gasteiger charge is -2.38. The molecule has 1 aliphatic carbocycles. The lowest BCUT2D eigenvalue weighted by Crippen LogP contribution is -2.57. The van der Waals surface area contributed by atoms with E-state index in [1.165, 1.54) is 0 Å². The maximum absolute atomic E-state index is 13.3. The zero-order chi connectivity index (χ0) is 27.7. The number of ether oxygens (including phenoxy) is 1. The van der Waals surface area contributed by atoms with Gasteiger partial charge < -0.3 is 31.5 Å². The maximum Gasteiger partial charge on any atom is 0.408 e. The molecule has 0 bridgehead atoms. The van der Waals surface area contributed by atoms with Crippen LogP contribution in [0, 0.1) is 5.41 Å². The van der Waals surface area contributed by atoms with Crippen LogP contribution in [0.3, 0.4) is 0 Å². The normalized spacial score (nSPS) is 15.7. The van der Waals surface area contributed by atoms with E-state index < -0.39 is 28.7 Å². The van der Waals surface area contributed by atoms with Gasteiger partial charge in [0.05, 0.1) is 12.5 Å². The Kier molecular flexibility index (Phi) is 12.2. The molecule has 1 fully saturated rings. The summed E-state index contributed by atoms with van der Waals surface area (Å²) in [5, 5.41) is 11.3. The standard InChI is InChI=1S/C28H44N4O5.H2O/c1-26(2,3)37-25(36)32-27(4,5)24(35)30-19-28(15-11-8-12-16-28)18-23(34)31-21(17-22(33)29-6)20-13-9-7-10-14-20;/h7,9-10,13-14,21H,8,11-12,15-19H2,1-6H3,(H,29,33)(H,30,35)(H,31,34)(H,32,36);1H2/t21-;/m1./s1. The highest BCUT2D eigenvalue weighted by Gasteiger charge is 2.38. The molecular formula is C28H46N4O6. The molecule has 1 aliphatic rings. The molecule has 2 rings (SSSR count). The second kappa shape index (κ2) is 14.1. The predicted octanol–water partition coefficient (Wildman–Crippen LogP) is 2.92. The van der Waals surface area contributed by atoms with Crippen LogP contribution in [0.1, 0.15) is 91.2 Å². The van der Waals surface area contributed by atoms with Gasteiger partial charge in [0.2, 0.25) is 17.7 Å². The Labute approximate surface area is 226 Å². The first-order valence-electron chi connectivity index (χ1n) is 13.1. The highest BCUT2D eigenvalue weighted by molar-refractivity contribution is 5.89. The molecule has 0 aromatic heterocycles. The smallest absolute Gasteiger partial charge is 0.408 e. The van der Waals surface area contributed by atoms with Crippen LogP contribution < -0.4 is 21.3 Å². The second-order valence-electron chi connectivity index (χ2n) is 11.6. The minimum atomic E-state index is -1.19. The van der Waals surface area contributed by atoms with Crippen LogP contribution in [-0.2, 0) is 19.1 Å². The SMILES string of the molecule is CNC(=O)C[C@@H](NC(=O)CC1(CNC(=O)C(C)(C)NC(=O)OC(C)(C)C)CCCCC1)c1ccccc1.O. The Morgan fingerprint density at radius 1 is 0.947 bits per heavy atom. The molecule has 214 valence electrons. The zero-order valence-electron chi connectivity index (χ0n) is 23.7. The quantitative estimate of drug-likeness (QED) is 0.363. The number of hydrogen-bond donors (Lipinski definition) is 4. The molecule has 0 aliphatic heterocycles. The fourth-order valence-corrected chi connectivity index (χ4v) is 4.63. The summed E-state index contributed by atoms with van der Waals surface area (Å²) in [5.74, 6) is -0.654. The molecule has 0 heterocycles. The molecule has 0 spiro atoms. The Bertz CT molecular complexity index is 936. The molecule has 1 aromatic carbocycles. The van der Waals surface area contributed by atoms with Gasteiger partial charge in [0.25, 0.3) is 0 Å². The van der Waals surface area contributed by atoms with Crippen LogP contribution in [0.2, 0.25) is 0 Å². The molecule has 1 aromatic rings. The molecule has 10 nitrogen and oxygen atoms in total. The fraction of sp³-hybridized carbons (Fsp3) is 0.643. The number of nitrogens with one attached hydrogen (secondary N) is 4. The van der Waals surface area contributed by atoms with Gasteiger partial charge in [-0.25, -0.2) is 4.79 Å². The van der Waals surface area contributed by atoms with Crippen LogP contribution in [0.4, 0.5) is 4.79 Å². The van der Waals surface area contributed by atoms with Gasteiger partial charge in [-0.3, -0.25) is 14.4 Å². The van der Waals surface area contributed by atoms with E-state index >= 15 is 0 Å². The fourth-order valence-electron chi connectivity index (χ4n) is 4.63. The number of amides is 4. The minimum Gasteiger partial charge on any atom is -0.444 e. The van der Waals surface area contributed by atoms with Gasteiger partial charge >= 0.3 is 6.09 Å². The Hall–Kier alpha value is -3.14. The third kappa shape index (κ3) is 10.7. The van der Waals surface area contributed by atoms with E-state index in [2.05, 4.69) is 21.3 Å². The van der Waals surface area contributed by atoms with Crippen molar-refractivity contribution in [2.45, 2.75) is 96.7 Å². The van der Waals surface area contributed by atoms with Crippen molar-refractivity contribution in [1.29, 1.82) is 0 Å².